The number of aromatic nitrogens is 2. The molecule has 3 rings (SSSR count). The van der Waals surface area contributed by atoms with Crippen molar-refractivity contribution in [3.8, 4) is 5.75 Å². The fourth-order valence-electron chi connectivity index (χ4n) is 2.88. The van der Waals surface area contributed by atoms with Gasteiger partial charge in [0, 0.05) is 23.8 Å². The van der Waals surface area contributed by atoms with Crippen molar-refractivity contribution in [3.63, 3.8) is 0 Å². The van der Waals surface area contributed by atoms with Crippen molar-refractivity contribution in [2.24, 2.45) is 5.92 Å². The van der Waals surface area contributed by atoms with Crippen molar-refractivity contribution in [3.05, 3.63) is 72.1 Å². The van der Waals surface area contributed by atoms with E-state index >= 15 is 0 Å². The van der Waals surface area contributed by atoms with E-state index in [9.17, 15) is 27.6 Å². The summed E-state index contributed by atoms with van der Waals surface area (Å²) < 4.78 is 45.7. The van der Waals surface area contributed by atoms with Crippen LogP contribution in [0.2, 0.25) is 0 Å². The molecule has 0 spiro atoms. The molecule has 0 saturated carbocycles. The number of halogens is 3. The Bertz CT molecular complexity index is 1290. The van der Waals surface area contributed by atoms with Crippen LogP contribution in [-0.4, -0.2) is 40.7 Å². The molecule has 0 aliphatic carbocycles. The average molecular weight is 549 g/mol. The molecule has 0 atom stereocenters. The summed E-state index contributed by atoms with van der Waals surface area (Å²) in [5, 5.41) is 5.60. The lowest BCUT2D eigenvalue weighted by Gasteiger charge is -2.11. The zero-order valence-electron chi connectivity index (χ0n) is 20.2. The molecule has 9 nitrogen and oxygen atoms in total. The molecule has 2 heterocycles. The van der Waals surface area contributed by atoms with Gasteiger partial charge in [-0.2, -0.15) is 0 Å². The first-order valence-corrected chi connectivity index (χ1v) is 12.1. The summed E-state index contributed by atoms with van der Waals surface area (Å²) in [7, 11) is 0. The second kappa shape index (κ2) is 12.9. The molecule has 38 heavy (non-hydrogen) atoms. The van der Waals surface area contributed by atoms with Crippen LogP contribution in [0.25, 0.3) is 0 Å². The molecule has 0 unspecified atom stereocenters. The van der Waals surface area contributed by atoms with E-state index in [2.05, 4.69) is 25.3 Å². The summed E-state index contributed by atoms with van der Waals surface area (Å²) in [6.07, 6.45) is -1.78. The van der Waals surface area contributed by atoms with E-state index in [4.69, 9.17) is 4.74 Å². The number of esters is 1. The van der Waals surface area contributed by atoms with E-state index in [-0.39, 0.29) is 23.0 Å². The van der Waals surface area contributed by atoms with Crippen LogP contribution in [0.1, 0.15) is 29.8 Å². The molecule has 0 saturated heterocycles. The summed E-state index contributed by atoms with van der Waals surface area (Å²) >= 11 is 1.27. The number of alkyl halides is 3. The number of amides is 2. The number of hydrogen-bond acceptors (Lipinski definition) is 8. The topological polar surface area (TPSA) is 120 Å². The number of ether oxygens (including phenoxy) is 2. The third-order valence-corrected chi connectivity index (χ3v) is 5.72. The highest BCUT2D eigenvalue weighted by Crippen LogP contribution is 2.27. The molecule has 3 aromatic rings. The minimum atomic E-state index is -4.81. The van der Waals surface area contributed by atoms with Crippen LogP contribution in [0.3, 0.4) is 0 Å². The Hall–Kier alpha value is -4.13. The van der Waals surface area contributed by atoms with Crippen LogP contribution in [0, 0.1) is 5.92 Å². The lowest BCUT2D eigenvalue weighted by Crippen LogP contribution is -2.23. The summed E-state index contributed by atoms with van der Waals surface area (Å²) in [5.74, 6) is -1.61. The quantitative estimate of drug-likeness (QED) is 0.267. The maximum absolute atomic E-state index is 12.8. The van der Waals surface area contributed by atoms with Crippen molar-refractivity contribution >= 4 is 41.1 Å². The molecular weight excluding hydrogens is 525 g/mol. The van der Waals surface area contributed by atoms with E-state index in [1.165, 1.54) is 36.3 Å². The molecule has 0 bridgehead atoms. The fourth-order valence-corrected chi connectivity index (χ4v) is 3.82. The van der Waals surface area contributed by atoms with Crippen molar-refractivity contribution in [1.29, 1.82) is 0 Å². The second-order valence-electron chi connectivity index (χ2n) is 8.03. The van der Waals surface area contributed by atoms with Gasteiger partial charge < -0.3 is 20.1 Å². The fraction of sp³-hybridized carbons (Fsp3) is 0.240. The lowest BCUT2D eigenvalue weighted by atomic mass is 10.2. The average Bonchev–Trinajstić information content (AvgIpc) is 2.86. The molecule has 0 radical (unpaired) electrons. The van der Waals surface area contributed by atoms with E-state index in [1.54, 1.807) is 38.1 Å². The molecule has 0 fully saturated rings. The van der Waals surface area contributed by atoms with Gasteiger partial charge in [-0.1, -0.05) is 13.8 Å². The molecule has 200 valence electrons. The van der Waals surface area contributed by atoms with Gasteiger partial charge in [-0.05, 0) is 54.1 Å². The van der Waals surface area contributed by atoms with Crippen LogP contribution < -0.4 is 15.4 Å². The Morgan fingerprint density at radius 2 is 1.74 bits per heavy atom. The standard InChI is InChI=1S/C25H23F3N4O5S/c1-15(2)24(35)36-13-21(33)32-20-12-16(9-11-29-20)14-38-23-19(4-3-10-30-23)22(34)31-17-5-7-18(8-6-17)37-25(26,27)28/h3-12,15H,13-14H2,1-2H3,(H,31,34)(H,29,32,33). The smallest absolute Gasteiger partial charge is 0.455 e. The van der Waals surface area contributed by atoms with Crippen LogP contribution >= 0.6 is 11.8 Å². The number of anilines is 2. The molecule has 1 aromatic carbocycles. The lowest BCUT2D eigenvalue weighted by molar-refractivity contribution is -0.274. The Kier molecular flexibility index (Phi) is 9.66. The van der Waals surface area contributed by atoms with E-state index < -0.39 is 36.5 Å². The third-order valence-electron chi connectivity index (χ3n) is 4.65. The molecule has 0 aliphatic heterocycles. The maximum Gasteiger partial charge on any atom is 0.573 e. The Morgan fingerprint density at radius 3 is 2.42 bits per heavy atom. The normalized spacial score (nSPS) is 11.1. The predicted molar refractivity (Wildman–Crippen MR) is 134 cm³/mol. The Balaban J connectivity index is 1.60. The molecule has 13 heteroatoms. The number of carbonyl (C=O) groups excluding carboxylic acids is 3. The van der Waals surface area contributed by atoms with Gasteiger partial charge in [-0.15, -0.1) is 24.9 Å². The number of thioether (sulfide) groups is 1. The summed E-state index contributed by atoms with van der Waals surface area (Å²) in [6, 6.07) is 11.3. The second-order valence-corrected chi connectivity index (χ2v) is 9.00. The predicted octanol–water partition coefficient (Wildman–Crippen LogP) is 5.06. The van der Waals surface area contributed by atoms with Crippen molar-refractivity contribution < 1.29 is 37.0 Å². The van der Waals surface area contributed by atoms with E-state index in [0.29, 0.717) is 10.8 Å². The number of hydrogen-bond donors (Lipinski definition) is 2. The van der Waals surface area contributed by atoms with Gasteiger partial charge in [-0.3, -0.25) is 14.4 Å². The number of nitrogens with zero attached hydrogens (tertiary/aromatic N) is 2. The molecule has 0 aliphatic rings. The van der Waals surface area contributed by atoms with Crippen LogP contribution in [0.15, 0.2) is 66.0 Å². The largest absolute Gasteiger partial charge is 0.573 e. The number of pyridine rings is 2. The molecular formula is C25H23F3N4O5S. The van der Waals surface area contributed by atoms with Crippen molar-refractivity contribution in [2.75, 3.05) is 17.2 Å². The van der Waals surface area contributed by atoms with Gasteiger partial charge in [0.05, 0.1) is 11.5 Å². The molecule has 2 amide bonds. The molecule has 2 N–H and O–H groups in total. The summed E-state index contributed by atoms with van der Waals surface area (Å²) in [4.78, 5) is 44.7. The van der Waals surface area contributed by atoms with Crippen LogP contribution in [0.5, 0.6) is 5.75 Å². The highest BCUT2D eigenvalue weighted by molar-refractivity contribution is 7.98. The third kappa shape index (κ3) is 9.07. The van der Waals surface area contributed by atoms with Gasteiger partial charge in [-0.25, -0.2) is 9.97 Å². The zero-order valence-corrected chi connectivity index (χ0v) is 21.1. The van der Waals surface area contributed by atoms with E-state index in [0.717, 1.165) is 17.7 Å². The first-order chi connectivity index (χ1) is 18.0. The number of nitrogens with one attached hydrogen (secondary N) is 2. The molecule has 2 aromatic heterocycles. The van der Waals surface area contributed by atoms with Crippen molar-refractivity contribution in [1.82, 2.24) is 9.97 Å². The van der Waals surface area contributed by atoms with Gasteiger partial charge in [0.15, 0.2) is 6.61 Å². The monoisotopic (exact) mass is 548 g/mol. The maximum atomic E-state index is 12.8. The number of rotatable bonds is 10. The van der Waals surface area contributed by atoms with Gasteiger partial charge in [0.25, 0.3) is 11.8 Å². The highest BCUT2D eigenvalue weighted by Gasteiger charge is 2.31. The first-order valence-electron chi connectivity index (χ1n) is 11.2. The van der Waals surface area contributed by atoms with Crippen molar-refractivity contribution in [2.45, 2.75) is 31.0 Å². The summed E-state index contributed by atoms with van der Waals surface area (Å²) in [6.45, 7) is 2.89. The summed E-state index contributed by atoms with van der Waals surface area (Å²) in [5.41, 5.74) is 1.32. The Labute approximate surface area is 220 Å². The first kappa shape index (κ1) is 28.4. The van der Waals surface area contributed by atoms with Gasteiger partial charge >= 0.3 is 12.3 Å². The van der Waals surface area contributed by atoms with Crippen LogP contribution in [-0.2, 0) is 20.1 Å². The Morgan fingerprint density at radius 1 is 1.00 bits per heavy atom. The minimum absolute atomic E-state index is 0.266. The van der Waals surface area contributed by atoms with Crippen LogP contribution in [0.4, 0.5) is 24.7 Å². The number of carbonyl (C=O) groups is 3. The zero-order chi connectivity index (χ0) is 27.7. The number of benzene rings is 1. The van der Waals surface area contributed by atoms with Gasteiger partial charge in [0.2, 0.25) is 0 Å². The SMILES string of the molecule is CC(C)C(=O)OCC(=O)Nc1cc(CSc2ncccc2C(=O)Nc2ccc(OC(F)(F)F)cc2)ccn1. The van der Waals surface area contributed by atoms with E-state index in [1.807, 2.05) is 0 Å². The highest BCUT2D eigenvalue weighted by atomic mass is 32.2. The van der Waals surface area contributed by atoms with Gasteiger partial charge in [0.1, 0.15) is 16.6 Å². The minimum Gasteiger partial charge on any atom is -0.455 e.